The van der Waals surface area contributed by atoms with Crippen molar-refractivity contribution in [2.75, 3.05) is 6.54 Å². The summed E-state index contributed by atoms with van der Waals surface area (Å²) in [5.74, 6) is 0.0734. The number of nitrogens with one attached hydrogen (secondary N) is 1. The minimum atomic E-state index is 0.0296. The van der Waals surface area contributed by atoms with Gasteiger partial charge in [0.1, 0.15) is 11.5 Å². The van der Waals surface area contributed by atoms with Crippen LogP contribution < -0.4 is 5.32 Å². The topological polar surface area (TPSA) is 64.9 Å². The fourth-order valence-electron chi connectivity index (χ4n) is 1.74. The molecule has 1 aromatic carbocycles. The summed E-state index contributed by atoms with van der Waals surface area (Å²) in [6.45, 7) is 2.61. The van der Waals surface area contributed by atoms with Gasteiger partial charge in [0.05, 0.1) is 12.6 Å². The molecule has 1 aromatic rings. The predicted molar refractivity (Wildman–Crippen MR) is 72.1 cm³/mol. The van der Waals surface area contributed by atoms with Crippen LogP contribution in [0.3, 0.4) is 0 Å². The van der Waals surface area contributed by atoms with Gasteiger partial charge in [0.2, 0.25) is 0 Å². The van der Waals surface area contributed by atoms with Gasteiger partial charge in [-0.25, -0.2) is 0 Å². The molecule has 0 saturated heterocycles. The molecule has 1 atom stereocenters. The lowest BCUT2D eigenvalue weighted by atomic mass is 10.2. The maximum Gasteiger partial charge on any atom is 0.128 e. The molecular weight excluding hydrogens is 228 g/mol. The number of nitrogens with zero attached hydrogens (tertiary/aromatic N) is 1. The van der Waals surface area contributed by atoms with Gasteiger partial charge >= 0.3 is 0 Å². The molecule has 1 aliphatic heterocycles. The lowest BCUT2D eigenvalue weighted by Crippen LogP contribution is -2.30. The second-order valence-corrected chi connectivity index (χ2v) is 4.22. The first-order valence-electron chi connectivity index (χ1n) is 5.78. The summed E-state index contributed by atoms with van der Waals surface area (Å²) in [5, 5.41) is 22.0. The summed E-state index contributed by atoms with van der Waals surface area (Å²) in [6, 6.07) is 4.63. The maximum atomic E-state index is 9.58. The van der Waals surface area contributed by atoms with Gasteiger partial charge in [-0.3, -0.25) is 4.99 Å². The summed E-state index contributed by atoms with van der Waals surface area (Å²) in [6.07, 6.45) is 7.66. The van der Waals surface area contributed by atoms with Crippen molar-refractivity contribution in [2.24, 2.45) is 4.99 Å². The lowest BCUT2D eigenvalue weighted by molar-refractivity contribution is 0.450. The number of hydrogen-bond acceptors (Lipinski definition) is 4. The van der Waals surface area contributed by atoms with E-state index in [1.54, 1.807) is 12.3 Å². The largest absolute Gasteiger partial charge is 0.508 e. The summed E-state index contributed by atoms with van der Waals surface area (Å²) < 4.78 is 0. The van der Waals surface area contributed by atoms with E-state index in [1.807, 2.05) is 25.2 Å². The quantitative estimate of drug-likeness (QED) is 0.712. The normalized spacial score (nSPS) is 18.7. The highest BCUT2D eigenvalue weighted by molar-refractivity contribution is 5.83. The van der Waals surface area contributed by atoms with Crippen LogP contribution in [-0.2, 0) is 0 Å². The molecule has 18 heavy (non-hydrogen) atoms. The summed E-state index contributed by atoms with van der Waals surface area (Å²) in [5.41, 5.74) is 1.71. The number of hydrogen-bond donors (Lipinski definition) is 3. The van der Waals surface area contributed by atoms with Crippen LogP contribution in [-0.4, -0.2) is 29.0 Å². The summed E-state index contributed by atoms with van der Waals surface area (Å²) >= 11 is 0. The average molecular weight is 244 g/mol. The molecular formula is C14H16N2O2. The Morgan fingerprint density at radius 1 is 1.39 bits per heavy atom. The Morgan fingerprint density at radius 2 is 2.22 bits per heavy atom. The van der Waals surface area contributed by atoms with E-state index in [-0.39, 0.29) is 17.5 Å². The standard InChI is InChI=1S/C14H16N2O2/c1-10-3-2-4-12(16-10)9-15-8-11-5-6-13(17)7-14(11)18/h2-8,12,16-18H,9H2,1H3. The molecule has 1 unspecified atom stereocenters. The molecule has 0 fully saturated rings. The van der Waals surface area contributed by atoms with Gasteiger partial charge in [0, 0.05) is 23.5 Å². The number of aliphatic imine (C=N–C) groups is 1. The predicted octanol–water partition coefficient (Wildman–Crippen LogP) is 1.95. The number of benzene rings is 1. The van der Waals surface area contributed by atoms with E-state index >= 15 is 0 Å². The van der Waals surface area contributed by atoms with Gasteiger partial charge in [0.15, 0.2) is 0 Å². The van der Waals surface area contributed by atoms with E-state index in [1.165, 1.54) is 12.1 Å². The molecule has 2 rings (SSSR count). The van der Waals surface area contributed by atoms with Crippen molar-refractivity contribution in [1.29, 1.82) is 0 Å². The van der Waals surface area contributed by atoms with Gasteiger partial charge in [-0.05, 0) is 25.1 Å². The van der Waals surface area contributed by atoms with E-state index in [4.69, 9.17) is 5.11 Å². The molecule has 3 N–H and O–H groups in total. The van der Waals surface area contributed by atoms with E-state index in [0.29, 0.717) is 12.1 Å². The van der Waals surface area contributed by atoms with Crippen molar-refractivity contribution in [3.8, 4) is 11.5 Å². The number of allylic oxidation sites excluding steroid dienone is 3. The van der Waals surface area contributed by atoms with Crippen molar-refractivity contribution in [3.63, 3.8) is 0 Å². The average Bonchev–Trinajstić information content (AvgIpc) is 2.32. The zero-order chi connectivity index (χ0) is 13.0. The molecule has 0 bridgehead atoms. The highest BCUT2D eigenvalue weighted by atomic mass is 16.3. The molecule has 0 saturated carbocycles. The number of dihydropyridines is 1. The molecule has 0 spiro atoms. The van der Waals surface area contributed by atoms with Crippen molar-refractivity contribution in [1.82, 2.24) is 5.32 Å². The second kappa shape index (κ2) is 5.40. The Kier molecular flexibility index (Phi) is 3.67. The first-order valence-corrected chi connectivity index (χ1v) is 5.78. The van der Waals surface area contributed by atoms with Crippen LogP contribution >= 0.6 is 0 Å². The molecule has 0 amide bonds. The molecule has 1 aliphatic rings. The van der Waals surface area contributed by atoms with Crippen molar-refractivity contribution >= 4 is 6.21 Å². The van der Waals surface area contributed by atoms with Gasteiger partial charge in [-0.2, -0.15) is 0 Å². The molecule has 0 aliphatic carbocycles. The van der Waals surface area contributed by atoms with Crippen LogP contribution in [0.4, 0.5) is 0 Å². The number of phenolic OH excluding ortho intramolecular Hbond substituents is 2. The van der Waals surface area contributed by atoms with E-state index in [2.05, 4.69) is 10.3 Å². The fourth-order valence-corrected chi connectivity index (χ4v) is 1.74. The monoisotopic (exact) mass is 244 g/mol. The van der Waals surface area contributed by atoms with E-state index in [0.717, 1.165) is 5.70 Å². The van der Waals surface area contributed by atoms with Gasteiger partial charge < -0.3 is 15.5 Å². The smallest absolute Gasteiger partial charge is 0.128 e. The lowest BCUT2D eigenvalue weighted by Gasteiger charge is -2.17. The first kappa shape index (κ1) is 12.2. The Bertz CT molecular complexity index is 519. The minimum Gasteiger partial charge on any atom is -0.508 e. The summed E-state index contributed by atoms with van der Waals surface area (Å²) in [4.78, 5) is 4.28. The molecule has 4 heteroatoms. The minimum absolute atomic E-state index is 0.0296. The Hall–Kier alpha value is -2.23. The second-order valence-electron chi connectivity index (χ2n) is 4.22. The number of phenols is 2. The van der Waals surface area contributed by atoms with Crippen LogP contribution in [0.15, 0.2) is 47.1 Å². The van der Waals surface area contributed by atoms with Crippen LogP contribution in [0, 0.1) is 0 Å². The van der Waals surface area contributed by atoms with Gasteiger partial charge in [-0.1, -0.05) is 12.2 Å². The molecule has 1 heterocycles. The maximum absolute atomic E-state index is 9.58. The zero-order valence-corrected chi connectivity index (χ0v) is 10.2. The summed E-state index contributed by atoms with van der Waals surface area (Å²) in [7, 11) is 0. The van der Waals surface area contributed by atoms with Crippen LogP contribution in [0.2, 0.25) is 0 Å². The van der Waals surface area contributed by atoms with Gasteiger partial charge in [-0.15, -0.1) is 0 Å². The van der Waals surface area contributed by atoms with Crippen LogP contribution in [0.1, 0.15) is 12.5 Å². The first-order chi connectivity index (χ1) is 8.65. The highest BCUT2D eigenvalue weighted by Crippen LogP contribution is 2.20. The van der Waals surface area contributed by atoms with Crippen molar-refractivity contribution in [3.05, 3.63) is 47.7 Å². The highest BCUT2D eigenvalue weighted by Gasteiger charge is 2.05. The third-order valence-corrected chi connectivity index (χ3v) is 2.65. The Balaban J connectivity index is 1.96. The zero-order valence-electron chi connectivity index (χ0n) is 10.2. The third kappa shape index (κ3) is 3.13. The SMILES string of the molecule is CC1=CC=CC(CN=Cc2ccc(O)cc2O)N1. The van der Waals surface area contributed by atoms with Crippen molar-refractivity contribution in [2.45, 2.75) is 13.0 Å². The Morgan fingerprint density at radius 3 is 2.94 bits per heavy atom. The van der Waals surface area contributed by atoms with E-state index < -0.39 is 0 Å². The molecule has 94 valence electrons. The molecule has 0 radical (unpaired) electrons. The van der Waals surface area contributed by atoms with Gasteiger partial charge in [0.25, 0.3) is 0 Å². The number of aromatic hydroxyl groups is 2. The fraction of sp³-hybridized carbons (Fsp3) is 0.214. The Labute approximate surface area is 106 Å². The van der Waals surface area contributed by atoms with Crippen LogP contribution in [0.5, 0.6) is 11.5 Å². The number of rotatable bonds is 3. The van der Waals surface area contributed by atoms with Crippen LogP contribution in [0.25, 0.3) is 0 Å². The van der Waals surface area contributed by atoms with Crippen molar-refractivity contribution < 1.29 is 10.2 Å². The third-order valence-electron chi connectivity index (χ3n) is 2.65. The molecule has 4 nitrogen and oxygen atoms in total. The van der Waals surface area contributed by atoms with E-state index in [9.17, 15) is 5.11 Å². The molecule has 0 aromatic heterocycles.